The molecule has 116 valence electrons. The molecule has 0 saturated heterocycles. The number of para-hydroxylation sites is 1. The third kappa shape index (κ3) is 2.27. The van der Waals surface area contributed by atoms with Gasteiger partial charge in [0.05, 0.1) is 5.69 Å². The summed E-state index contributed by atoms with van der Waals surface area (Å²) in [7, 11) is -3.71. The quantitative estimate of drug-likeness (QED) is 0.901. The van der Waals surface area contributed by atoms with Gasteiger partial charge in [0, 0.05) is 6.04 Å². The summed E-state index contributed by atoms with van der Waals surface area (Å²) < 4.78 is 23.5. The van der Waals surface area contributed by atoms with Crippen molar-refractivity contribution in [3.63, 3.8) is 0 Å². The first kappa shape index (κ1) is 14.9. The topological polar surface area (TPSA) is 72.2 Å². The van der Waals surface area contributed by atoms with E-state index in [1.54, 1.807) is 12.1 Å². The highest BCUT2D eigenvalue weighted by atomic mass is 32.2. The van der Waals surface area contributed by atoms with Gasteiger partial charge in [0.2, 0.25) is 10.0 Å². The maximum absolute atomic E-state index is 11.8. The van der Waals surface area contributed by atoms with Gasteiger partial charge in [-0.05, 0) is 48.1 Å². The minimum Gasteiger partial charge on any atom is -0.380 e. The molecule has 0 aromatic heterocycles. The SMILES string of the molecule is CC12CCC(C1)C(C)(C)C2Nc1ccccc1S(N)(=O)=O. The highest BCUT2D eigenvalue weighted by Gasteiger charge is 2.59. The van der Waals surface area contributed by atoms with Crippen molar-refractivity contribution in [2.75, 3.05) is 5.32 Å². The van der Waals surface area contributed by atoms with Crippen molar-refractivity contribution in [3.05, 3.63) is 24.3 Å². The number of fused-ring (bicyclic) bond motifs is 2. The van der Waals surface area contributed by atoms with Gasteiger partial charge in [0.1, 0.15) is 4.90 Å². The van der Waals surface area contributed by atoms with Crippen LogP contribution in [-0.4, -0.2) is 14.5 Å². The van der Waals surface area contributed by atoms with Gasteiger partial charge in [-0.2, -0.15) is 0 Å². The summed E-state index contributed by atoms with van der Waals surface area (Å²) in [6.45, 7) is 6.90. The van der Waals surface area contributed by atoms with Crippen LogP contribution in [0.1, 0.15) is 40.0 Å². The number of hydrogen-bond acceptors (Lipinski definition) is 3. The molecule has 1 aromatic carbocycles. The Hall–Kier alpha value is -1.07. The van der Waals surface area contributed by atoms with Crippen molar-refractivity contribution in [2.45, 2.75) is 51.0 Å². The molecule has 3 unspecified atom stereocenters. The molecule has 0 spiro atoms. The number of benzene rings is 1. The van der Waals surface area contributed by atoms with E-state index in [0.717, 1.165) is 0 Å². The number of primary sulfonamides is 1. The molecule has 1 aromatic rings. The minimum absolute atomic E-state index is 0.165. The maximum Gasteiger partial charge on any atom is 0.240 e. The Kier molecular flexibility index (Phi) is 3.16. The smallest absolute Gasteiger partial charge is 0.240 e. The first-order valence-electron chi connectivity index (χ1n) is 7.53. The number of hydrogen-bond donors (Lipinski definition) is 2. The molecule has 0 amide bonds. The molecule has 0 aliphatic heterocycles. The average Bonchev–Trinajstić information content (AvgIpc) is 2.85. The van der Waals surface area contributed by atoms with E-state index in [1.165, 1.54) is 19.3 Å². The maximum atomic E-state index is 11.8. The first-order chi connectivity index (χ1) is 9.64. The summed E-state index contributed by atoms with van der Waals surface area (Å²) in [5.41, 5.74) is 1.03. The summed E-state index contributed by atoms with van der Waals surface area (Å²) in [4.78, 5) is 0.187. The third-order valence-electron chi connectivity index (χ3n) is 5.76. The van der Waals surface area contributed by atoms with Crippen LogP contribution in [0.5, 0.6) is 0 Å². The lowest BCUT2D eigenvalue weighted by atomic mass is 9.68. The van der Waals surface area contributed by atoms with Crippen LogP contribution in [0.3, 0.4) is 0 Å². The van der Waals surface area contributed by atoms with E-state index in [4.69, 9.17) is 5.14 Å². The van der Waals surface area contributed by atoms with E-state index >= 15 is 0 Å². The molecule has 2 aliphatic rings. The van der Waals surface area contributed by atoms with Gasteiger partial charge < -0.3 is 5.32 Å². The zero-order chi connectivity index (χ0) is 15.5. The fourth-order valence-electron chi connectivity index (χ4n) is 4.65. The molecule has 5 heteroatoms. The molecule has 3 atom stereocenters. The summed E-state index contributed by atoms with van der Waals surface area (Å²) >= 11 is 0. The average molecular weight is 308 g/mol. The van der Waals surface area contributed by atoms with Crippen LogP contribution in [0, 0.1) is 16.7 Å². The van der Waals surface area contributed by atoms with Gasteiger partial charge in [-0.3, -0.25) is 0 Å². The lowest BCUT2D eigenvalue weighted by molar-refractivity contribution is 0.155. The molecule has 2 aliphatic carbocycles. The Morgan fingerprint density at radius 3 is 2.48 bits per heavy atom. The largest absolute Gasteiger partial charge is 0.380 e. The van der Waals surface area contributed by atoms with Crippen LogP contribution in [-0.2, 0) is 10.0 Å². The molecule has 0 heterocycles. The Bertz CT molecular complexity index is 664. The van der Waals surface area contributed by atoms with E-state index in [2.05, 4.69) is 26.1 Å². The molecule has 4 nitrogen and oxygen atoms in total. The Balaban J connectivity index is 1.98. The normalized spacial score (nSPS) is 34.1. The molecule has 3 N–H and O–H groups in total. The van der Waals surface area contributed by atoms with Crippen molar-refractivity contribution in [2.24, 2.45) is 21.9 Å². The first-order valence-corrected chi connectivity index (χ1v) is 9.08. The predicted octanol–water partition coefficient (Wildman–Crippen LogP) is 2.96. The van der Waals surface area contributed by atoms with Crippen LogP contribution < -0.4 is 10.5 Å². The number of rotatable bonds is 3. The lowest BCUT2D eigenvalue weighted by Gasteiger charge is -2.43. The van der Waals surface area contributed by atoms with Crippen molar-refractivity contribution < 1.29 is 8.42 Å². The molecule has 2 saturated carbocycles. The van der Waals surface area contributed by atoms with E-state index in [1.807, 2.05) is 12.1 Å². The van der Waals surface area contributed by atoms with Gasteiger partial charge in [-0.15, -0.1) is 0 Å². The number of nitrogens with one attached hydrogen (secondary N) is 1. The second-order valence-electron chi connectivity index (χ2n) is 7.53. The standard InChI is InChI=1S/C16H24N2O2S/c1-15(2)11-8-9-16(3,10-11)14(15)18-12-6-4-5-7-13(12)21(17,19)20/h4-7,11,14,18H,8-10H2,1-3H3,(H2,17,19,20). The van der Waals surface area contributed by atoms with E-state index in [0.29, 0.717) is 11.6 Å². The molecule has 2 bridgehead atoms. The summed E-state index contributed by atoms with van der Waals surface area (Å²) in [5.74, 6) is 0.710. The van der Waals surface area contributed by atoms with Crippen molar-refractivity contribution >= 4 is 15.7 Å². The number of sulfonamides is 1. The zero-order valence-corrected chi connectivity index (χ0v) is 13.7. The third-order valence-corrected chi connectivity index (χ3v) is 6.73. The van der Waals surface area contributed by atoms with E-state index in [9.17, 15) is 8.42 Å². The second-order valence-corrected chi connectivity index (χ2v) is 9.06. The van der Waals surface area contributed by atoms with E-state index in [-0.39, 0.29) is 21.8 Å². The molecule has 0 radical (unpaired) electrons. The zero-order valence-electron chi connectivity index (χ0n) is 12.9. The molecular formula is C16H24N2O2S. The van der Waals surface area contributed by atoms with Crippen LogP contribution in [0.4, 0.5) is 5.69 Å². The molecule has 2 fully saturated rings. The van der Waals surface area contributed by atoms with Gasteiger partial charge in [-0.25, -0.2) is 13.6 Å². The Morgan fingerprint density at radius 1 is 1.24 bits per heavy atom. The second kappa shape index (κ2) is 4.46. The lowest BCUT2D eigenvalue weighted by Crippen LogP contribution is -2.46. The van der Waals surface area contributed by atoms with Gasteiger partial charge in [-0.1, -0.05) is 32.9 Å². The summed E-state index contributed by atoms with van der Waals surface area (Å²) in [6, 6.07) is 7.20. The number of nitrogens with two attached hydrogens (primary N) is 1. The van der Waals surface area contributed by atoms with Crippen molar-refractivity contribution in [3.8, 4) is 0 Å². The van der Waals surface area contributed by atoms with E-state index < -0.39 is 10.0 Å². The summed E-state index contributed by atoms with van der Waals surface area (Å²) in [5, 5.41) is 8.86. The van der Waals surface area contributed by atoms with Gasteiger partial charge in [0.25, 0.3) is 0 Å². The van der Waals surface area contributed by atoms with Crippen LogP contribution >= 0.6 is 0 Å². The van der Waals surface area contributed by atoms with Crippen molar-refractivity contribution in [1.29, 1.82) is 0 Å². The van der Waals surface area contributed by atoms with Crippen LogP contribution in [0.2, 0.25) is 0 Å². The fourth-order valence-corrected chi connectivity index (χ4v) is 5.35. The van der Waals surface area contributed by atoms with Crippen molar-refractivity contribution in [1.82, 2.24) is 0 Å². The minimum atomic E-state index is -3.71. The van der Waals surface area contributed by atoms with Crippen LogP contribution in [0.15, 0.2) is 29.2 Å². The molecular weight excluding hydrogens is 284 g/mol. The Morgan fingerprint density at radius 2 is 1.90 bits per heavy atom. The predicted molar refractivity (Wildman–Crippen MR) is 84.5 cm³/mol. The van der Waals surface area contributed by atoms with Gasteiger partial charge in [0.15, 0.2) is 0 Å². The summed E-state index contributed by atoms with van der Waals surface area (Å²) in [6.07, 6.45) is 3.70. The Labute approximate surface area is 127 Å². The molecule has 3 rings (SSSR count). The highest BCUT2D eigenvalue weighted by Crippen LogP contribution is 2.63. The van der Waals surface area contributed by atoms with Gasteiger partial charge >= 0.3 is 0 Å². The monoisotopic (exact) mass is 308 g/mol. The van der Waals surface area contributed by atoms with Crippen LogP contribution in [0.25, 0.3) is 0 Å². The number of anilines is 1. The fraction of sp³-hybridized carbons (Fsp3) is 0.625. The molecule has 21 heavy (non-hydrogen) atoms. The highest BCUT2D eigenvalue weighted by molar-refractivity contribution is 7.89.